The van der Waals surface area contributed by atoms with Crippen LogP contribution >= 0.6 is 0 Å². The summed E-state index contributed by atoms with van der Waals surface area (Å²) < 4.78 is 0. The van der Waals surface area contributed by atoms with Gasteiger partial charge in [0, 0.05) is 19.7 Å². The molecule has 1 heterocycles. The van der Waals surface area contributed by atoms with Gasteiger partial charge in [0.05, 0.1) is 0 Å². The molecule has 7 heteroatoms. The molecule has 2 rings (SSSR count). The van der Waals surface area contributed by atoms with Gasteiger partial charge >= 0.3 is 6.03 Å². The number of Topliss-reactive ketones (excluding diaryl/α,β-unsaturated/α-hetero) is 1. The van der Waals surface area contributed by atoms with E-state index in [0.717, 1.165) is 9.80 Å². The molecular formula is C13H12N2O5. The van der Waals surface area contributed by atoms with E-state index in [1.165, 1.54) is 38.4 Å². The van der Waals surface area contributed by atoms with E-state index in [2.05, 4.69) is 0 Å². The fourth-order valence-corrected chi connectivity index (χ4v) is 1.92. The quantitative estimate of drug-likeness (QED) is 0.616. The van der Waals surface area contributed by atoms with Crippen molar-refractivity contribution in [1.82, 2.24) is 9.80 Å². The van der Waals surface area contributed by atoms with Gasteiger partial charge in [0.25, 0.3) is 11.8 Å². The average molecular weight is 276 g/mol. The maximum atomic E-state index is 12.2. The zero-order valence-corrected chi connectivity index (χ0v) is 10.9. The van der Waals surface area contributed by atoms with Crippen molar-refractivity contribution >= 4 is 23.6 Å². The SMILES string of the molecule is CN1C(=O)C(C(=O)c2ccc(O)cc2)C(=O)N(C)C1=O. The monoisotopic (exact) mass is 276 g/mol. The Labute approximate surface area is 114 Å². The minimum atomic E-state index is -1.56. The summed E-state index contributed by atoms with van der Waals surface area (Å²) in [6.07, 6.45) is 0. The number of imide groups is 2. The first kappa shape index (κ1) is 13.7. The van der Waals surface area contributed by atoms with Crippen LogP contribution < -0.4 is 0 Å². The molecule has 0 aliphatic carbocycles. The topological polar surface area (TPSA) is 95.0 Å². The Kier molecular flexibility index (Phi) is 3.27. The molecule has 1 saturated heterocycles. The molecular weight excluding hydrogens is 264 g/mol. The molecule has 20 heavy (non-hydrogen) atoms. The number of aromatic hydroxyl groups is 1. The van der Waals surface area contributed by atoms with Gasteiger partial charge in [0.2, 0.25) is 0 Å². The first-order chi connectivity index (χ1) is 9.34. The number of phenolic OH excluding ortho intramolecular Hbond substituents is 1. The van der Waals surface area contributed by atoms with Crippen LogP contribution in [0, 0.1) is 5.92 Å². The fourth-order valence-electron chi connectivity index (χ4n) is 1.92. The van der Waals surface area contributed by atoms with Crippen molar-refractivity contribution in [2.45, 2.75) is 0 Å². The van der Waals surface area contributed by atoms with Gasteiger partial charge in [-0.1, -0.05) is 0 Å². The molecule has 104 valence electrons. The van der Waals surface area contributed by atoms with Crippen LogP contribution in [-0.4, -0.2) is 52.6 Å². The third-order valence-electron chi connectivity index (χ3n) is 3.14. The molecule has 1 N–H and O–H groups in total. The normalized spacial score (nSPS) is 16.8. The number of rotatable bonds is 2. The number of carbonyl (C=O) groups is 4. The molecule has 1 fully saturated rings. The molecule has 0 saturated carbocycles. The maximum absolute atomic E-state index is 12.2. The lowest BCUT2D eigenvalue weighted by Crippen LogP contribution is -2.58. The Morgan fingerprint density at radius 3 is 1.90 bits per heavy atom. The number of amides is 4. The van der Waals surface area contributed by atoms with Crippen LogP contribution in [-0.2, 0) is 9.59 Å². The van der Waals surface area contributed by atoms with E-state index in [1.807, 2.05) is 0 Å². The third kappa shape index (κ3) is 2.03. The summed E-state index contributed by atoms with van der Waals surface area (Å²) in [5.41, 5.74) is 0.116. The van der Waals surface area contributed by atoms with Crippen molar-refractivity contribution in [2.24, 2.45) is 5.92 Å². The highest BCUT2D eigenvalue weighted by Gasteiger charge is 2.46. The number of hydrogen-bond donors (Lipinski definition) is 1. The van der Waals surface area contributed by atoms with Gasteiger partial charge in [-0.2, -0.15) is 0 Å². The first-order valence-electron chi connectivity index (χ1n) is 5.77. The van der Waals surface area contributed by atoms with Crippen molar-refractivity contribution < 1.29 is 24.3 Å². The third-order valence-corrected chi connectivity index (χ3v) is 3.14. The van der Waals surface area contributed by atoms with E-state index in [9.17, 15) is 19.2 Å². The second-order valence-electron chi connectivity index (χ2n) is 4.42. The number of barbiturate groups is 1. The highest BCUT2D eigenvalue weighted by Crippen LogP contribution is 2.21. The molecule has 0 atom stereocenters. The van der Waals surface area contributed by atoms with Crippen LogP contribution in [0.3, 0.4) is 0 Å². The van der Waals surface area contributed by atoms with Crippen molar-refractivity contribution in [1.29, 1.82) is 0 Å². The Morgan fingerprint density at radius 2 is 1.45 bits per heavy atom. The van der Waals surface area contributed by atoms with Crippen LogP contribution in [0.5, 0.6) is 5.75 Å². The van der Waals surface area contributed by atoms with E-state index < -0.39 is 29.5 Å². The van der Waals surface area contributed by atoms with Crippen LogP contribution in [0.15, 0.2) is 24.3 Å². The van der Waals surface area contributed by atoms with E-state index >= 15 is 0 Å². The molecule has 1 aliphatic rings. The second-order valence-corrected chi connectivity index (χ2v) is 4.42. The first-order valence-corrected chi connectivity index (χ1v) is 5.77. The van der Waals surface area contributed by atoms with Crippen LogP contribution in [0.4, 0.5) is 4.79 Å². The Balaban J connectivity index is 2.37. The number of hydrogen-bond acceptors (Lipinski definition) is 5. The van der Waals surface area contributed by atoms with E-state index in [4.69, 9.17) is 5.11 Å². The fraction of sp³-hybridized carbons (Fsp3) is 0.231. The largest absolute Gasteiger partial charge is 0.508 e. The number of benzene rings is 1. The van der Waals surface area contributed by atoms with Gasteiger partial charge in [0.1, 0.15) is 5.75 Å². The number of carbonyl (C=O) groups excluding carboxylic acids is 4. The van der Waals surface area contributed by atoms with Crippen molar-refractivity contribution in [3.8, 4) is 5.75 Å². The molecule has 0 aromatic heterocycles. The van der Waals surface area contributed by atoms with Gasteiger partial charge in [-0.3, -0.25) is 24.2 Å². The lowest BCUT2D eigenvalue weighted by molar-refractivity contribution is -0.145. The average Bonchev–Trinajstić information content (AvgIpc) is 2.44. The summed E-state index contributed by atoms with van der Waals surface area (Å²) in [5.74, 6) is -4.00. The maximum Gasteiger partial charge on any atom is 0.332 e. The zero-order valence-electron chi connectivity index (χ0n) is 10.9. The minimum Gasteiger partial charge on any atom is -0.508 e. The summed E-state index contributed by atoms with van der Waals surface area (Å²) in [6.45, 7) is 0. The van der Waals surface area contributed by atoms with Gasteiger partial charge in [-0.15, -0.1) is 0 Å². The molecule has 0 spiro atoms. The second kappa shape index (κ2) is 4.76. The van der Waals surface area contributed by atoms with Gasteiger partial charge in [0.15, 0.2) is 11.7 Å². The van der Waals surface area contributed by atoms with E-state index in [-0.39, 0.29) is 11.3 Å². The lowest BCUT2D eigenvalue weighted by atomic mass is 9.93. The summed E-state index contributed by atoms with van der Waals surface area (Å²) in [7, 11) is 2.43. The molecule has 7 nitrogen and oxygen atoms in total. The summed E-state index contributed by atoms with van der Waals surface area (Å²) >= 11 is 0. The van der Waals surface area contributed by atoms with Gasteiger partial charge in [-0.25, -0.2) is 4.79 Å². The number of ketones is 1. The van der Waals surface area contributed by atoms with Crippen molar-refractivity contribution in [3.63, 3.8) is 0 Å². The summed E-state index contributed by atoms with van der Waals surface area (Å²) in [6, 6.07) is 4.42. The number of phenols is 1. The number of nitrogens with zero attached hydrogens (tertiary/aromatic N) is 2. The smallest absolute Gasteiger partial charge is 0.332 e. The standard InChI is InChI=1S/C13H12N2O5/c1-14-11(18)9(12(19)15(2)13(14)20)10(17)7-3-5-8(16)6-4-7/h3-6,9,16H,1-2H3. The lowest BCUT2D eigenvalue weighted by Gasteiger charge is -2.32. The Morgan fingerprint density at radius 1 is 1.00 bits per heavy atom. The van der Waals surface area contributed by atoms with Crippen molar-refractivity contribution in [3.05, 3.63) is 29.8 Å². The van der Waals surface area contributed by atoms with Crippen LogP contribution in [0.25, 0.3) is 0 Å². The highest BCUT2D eigenvalue weighted by atomic mass is 16.3. The van der Waals surface area contributed by atoms with Gasteiger partial charge < -0.3 is 5.11 Å². The van der Waals surface area contributed by atoms with E-state index in [0.29, 0.717) is 0 Å². The Bertz CT molecular complexity index is 584. The molecule has 1 aromatic rings. The predicted octanol–water partition coefficient (Wildman–Crippen LogP) is 0.242. The molecule has 1 aliphatic heterocycles. The molecule has 0 unspecified atom stereocenters. The zero-order chi connectivity index (χ0) is 15.0. The summed E-state index contributed by atoms with van der Waals surface area (Å²) in [4.78, 5) is 49.2. The highest BCUT2D eigenvalue weighted by molar-refractivity contribution is 6.29. The van der Waals surface area contributed by atoms with Crippen LogP contribution in [0.1, 0.15) is 10.4 Å². The molecule has 1 aromatic carbocycles. The Hall–Kier alpha value is -2.70. The molecule has 0 radical (unpaired) electrons. The van der Waals surface area contributed by atoms with Crippen LogP contribution in [0.2, 0.25) is 0 Å². The van der Waals surface area contributed by atoms with Crippen molar-refractivity contribution in [2.75, 3.05) is 14.1 Å². The summed E-state index contributed by atoms with van der Waals surface area (Å²) in [5, 5.41) is 9.17. The molecule has 0 bridgehead atoms. The number of urea groups is 1. The van der Waals surface area contributed by atoms with E-state index in [1.54, 1.807) is 0 Å². The minimum absolute atomic E-state index is 0.0349. The van der Waals surface area contributed by atoms with Gasteiger partial charge in [-0.05, 0) is 24.3 Å². The predicted molar refractivity (Wildman–Crippen MR) is 66.9 cm³/mol. The molecule has 4 amide bonds.